The average molecular weight is 384 g/mol. The molecule has 0 bridgehead atoms. The molecule has 4 heteroatoms. The lowest BCUT2D eigenvalue weighted by molar-refractivity contribution is -0.136. The van der Waals surface area contributed by atoms with Gasteiger partial charge < -0.3 is 14.9 Å². The van der Waals surface area contributed by atoms with Gasteiger partial charge in [-0.1, -0.05) is 54.6 Å². The van der Waals surface area contributed by atoms with Crippen LogP contribution in [0.4, 0.5) is 0 Å². The van der Waals surface area contributed by atoms with E-state index in [9.17, 15) is 9.90 Å². The number of phenolic OH excluding ortho intramolecular Hbond substituents is 1. The summed E-state index contributed by atoms with van der Waals surface area (Å²) in [5.41, 5.74) is 2.83. The zero-order chi connectivity index (χ0) is 20.2. The molecule has 0 radical (unpaired) electrons. The van der Waals surface area contributed by atoms with Crippen LogP contribution in [0.15, 0.2) is 84.9 Å². The molecule has 0 aliphatic rings. The number of phenols is 1. The molecule has 0 aliphatic carbocycles. The first kappa shape index (κ1) is 18.6. The molecule has 0 aromatic heterocycles. The third-order valence-corrected chi connectivity index (χ3v) is 4.83. The van der Waals surface area contributed by atoms with Crippen LogP contribution < -0.4 is 4.74 Å². The first-order valence-corrected chi connectivity index (χ1v) is 9.40. The van der Waals surface area contributed by atoms with Gasteiger partial charge in [0.15, 0.2) is 0 Å². The number of carboxylic acid groups (broad SMARTS) is 1. The fourth-order valence-corrected chi connectivity index (χ4v) is 3.31. The SMILES string of the molecule is O=C(O)CCc1ccc(Oc2c(-c3ccc(O)cc3)ccc3ccccc23)cc1. The summed E-state index contributed by atoms with van der Waals surface area (Å²) in [6.45, 7) is 0. The van der Waals surface area contributed by atoms with Crippen LogP contribution in [0.5, 0.6) is 17.2 Å². The van der Waals surface area contributed by atoms with Crippen LogP contribution >= 0.6 is 0 Å². The summed E-state index contributed by atoms with van der Waals surface area (Å²) in [5, 5.41) is 20.5. The van der Waals surface area contributed by atoms with Gasteiger partial charge in [-0.2, -0.15) is 0 Å². The van der Waals surface area contributed by atoms with E-state index in [4.69, 9.17) is 9.84 Å². The Hall–Kier alpha value is -3.79. The Kier molecular flexibility index (Phi) is 5.16. The minimum atomic E-state index is -0.806. The number of aromatic hydroxyl groups is 1. The molecule has 4 rings (SSSR count). The number of fused-ring (bicyclic) bond motifs is 1. The van der Waals surface area contributed by atoms with Crippen LogP contribution in [0.1, 0.15) is 12.0 Å². The third kappa shape index (κ3) is 4.22. The average Bonchev–Trinajstić information content (AvgIpc) is 2.74. The number of carboxylic acids is 1. The molecule has 0 heterocycles. The number of benzene rings is 4. The van der Waals surface area contributed by atoms with E-state index >= 15 is 0 Å². The van der Waals surface area contributed by atoms with Crippen LogP contribution in [0.25, 0.3) is 21.9 Å². The molecule has 0 atom stereocenters. The highest BCUT2D eigenvalue weighted by Crippen LogP contribution is 2.40. The van der Waals surface area contributed by atoms with Gasteiger partial charge in [0.25, 0.3) is 0 Å². The summed E-state index contributed by atoms with van der Waals surface area (Å²) in [6, 6.07) is 26.7. The van der Waals surface area contributed by atoms with Gasteiger partial charge in [-0.05, 0) is 53.3 Å². The lowest BCUT2D eigenvalue weighted by Crippen LogP contribution is -1.97. The van der Waals surface area contributed by atoms with Crippen LogP contribution in [0, 0.1) is 0 Å². The Morgan fingerprint density at radius 3 is 2.28 bits per heavy atom. The zero-order valence-corrected chi connectivity index (χ0v) is 15.7. The highest BCUT2D eigenvalue weighted by molar-refractivity contribution is 5.95. The molecule has 0 saturated heterocycles. The first-order chi connectivity index (χ1) is 14.1. The van der Waals surface area contributed by atoms with Crippen LogP contribution in [0.3, 0.4) is 0 Å². The van der Waals surface area contributed by atoms with Crippen molar-refractivity contribution in [1.29, 1.82) is 0 Å². The topological polar surface area (TPSA) is 66.8 Å². The van der Waals surface area contributed by atoms with Gasteiger partial charge >= 0.3 is 5.97 Å². The van der Waals surface area contributed by atoms with Gasteiger partial charge in [0.05, 0.1) is 0 Å². The van der Waals surface area contributed by atoms with Gasteiger partial charge in [0, 0.05) is 17.4 Å². The molecular weight excluding hydrogens is 364 g/mol. The maximum Gasteiger partial charge on any atom is 0.303 e. The monoisotopic (exact) mass is 384 g/mol. The van der Waals surface area contributed by atoms with Crippen molar-refractivity contribution in [3.05, 3.63) is 90.5 Å². The largest absolute Gasteiger partial charge is 0.508 e. The Morgan fingerprint density at radius 1 is 0.828 bits per heavy atom. The fourth-order valence-electron chi connectivity index (χ4n) is 3.31. The van der Waals surface area contributed by atoms with E-state index in [1.807, 2.05) is 66.7 Å². The molecule has 144 valence electrons. The number of carbonyl (C=O) groups is 1. The lowest BCUT2D eigenvalue weighted by atomic mass is 9.99. The van der Waals surface area contributed by atoms with Gasteiger partial charge in [0.1, 0.15) is 17.2 Å². The highest BCUT2D eigenvalue weighted by Gasteiger charge is 2.12. The normalized spacial score (nSPS) is 10.8. The summed E-state index contributed by atoms with van der Waals surface area (Å²) in [4.78, 5) is 10.8. The second-order valence-electron chi connectivity index (χ2n) is 6.85. The van der Waals surface area contributed by atoms with Crippen molar-refractivity contribution in [2.24, 2.45) is 0 Å². The van der Waals surface area contributed by atoms with E-state index < -0.39 is 5.97 Å². The van der Waals surface area contributed by atoms with E-state index in [1.165, 1.54) is 0 Å². The Labute approximate surface area is 168 Å². The van der Waals surface area contributed by atoms with Crippen LogP contribution in [0.2, 0.25) is 0 Å². The van der Waals surface area contributed by atoms with Crippen molar-refractivity contribution < 1.29 is 19.7 Å². The fraction of sp³-hybridized carbons (Fsp3) is 0.0800. The summed E-state index contributed by atoms with van der Waals surface area (Å²) in [6.07, 6.45) is 0.594. The van der Waals surface area contributed by atoms with E-state index in [-0.39, 0.29) is 12.2 Å². The molecule has 29 heavy (non-hydrogen) atoms. The van der Waals surface area contributed by atoms with Crippen molar-refractivity contribution in [3.8, 4) is 28.4 Å². The van der Waals surface area contributed by atoms with Crippen molar-refractivity contribution in [1.82, 2.24) is 0 Å². The number of hydrogen-bond acceptors (Lipinski definition) is 3. The molecule has 4 nitrogen and oxygen atoms in total. The van der Waals surface area contributed by atoms with Crippen molar-refractivity contribution >= 4 is 16.7 Å². The number of aryl methyl sites for hydroxylation is 1. The number of rotatable bonds is 6. The minimum Gasteiger partial charge on any atom is -0.508 e. The molecule has 4 aromatic rings. The Bertz CT molecular complexity index is 1150. The summed E-state index contributed by atoms with van der Waals surface area (Å²) >= 11 is 0. The molecule has 0 amide bonds. The van der Waals surface area contributed by atoms with E-state index in [2.05, 4.69) is 6.07 Å². The number of hydrogen-bond donors (Lipinski definition) is 2. The first-order valence-electron chi connectivity index (χ1n) is 9.40. The molecular formula is C25H20O4. The molecule has 4 aromatic carbocycles. The molecule has 0 spiro atoms. The van der Waals surface area contributed by atoms with Gasteiger partial charge in [0.2, 0.25) is 0 Å². The van der Waals surface area contributed by atoms with Gasteiger partial charge in [-0.3, -0.25) is 4.79 Å². The molecule has 0 fully saturated rings. The summed E-state index contributed by atoms with van der Waals surface area (Å²) < 4.78 is 6.31. The van der Waals surface area contributed by atoms with Gasteiger partial charge in [-0.15, -0.1) is 0 Å². The Morgan fingerprint density at radius 2 is 1.55 bits per heavy atom. The zero-order valence-electron chi connectivity index (χ0n) is 15.7. The van der Waals surface area contributed by atoms with Crippen LogP contribution in [-0.4, -0.2) is 16.2 Å². The quantitative estimate of drug-likeness (QED) is 0.426. The Balaban J connectivity index is 1.72. The predicted molar refractivity (Wildman–Crippen MR) is 114 cm³/mol. The molecule has 0 unspecified atom stereocenters. The molecule has 0 saturated carbocycles. The summed E-state index contributed by atoms with van der Waals surface area (Å²) in [5.74, 6) is 0.834. The van der Waals surface area contributed by atoms with Crippen LogP contribution in [-0.2, 0) is 11.2 Å². The molecule has 2 N–H and O–H groups in total. The van der Waals surface area contributed by atoms with Crippen molar-refractivity contribution in [2.45, 2.75) is 12.8 Å². The second kappa shape index (κ2) is 8.07. The number of aliphatic carboxylic acids is 1. The van der Waals surface area contributed by atoms with Crippen molar-refractivity contribution in [3.63, 3.8) is 0 Å². The minimum absolute atomic E-state index is 0.106. The second-order valence-corrected chi connectivity index (χ2v) is 6.85. The standard InChI is InChI=1S/C25H20O4/c26-20-11-8-19(9-12-20)23-15-10-18-3-1-2-4-22(18)25(23)29-21-13-5-17(6-14-21)7-16-24(27)28/h1-6,8-15,26H,7,16H2,(H,27,28). The van der Waals surface area contributed by atoms with E-state index in [0.717, 1.165) is 33.2 Å². The van der Waals surface area contributed by atoms with Crippen molar-refractivity contribution in [2.75, 3.05) is 0 Å². The number of ether oxygens (including phenoxy) is 1. The maximum absolute atomic E-state index is 10.8. The maximum atomic E-state index is 10.8. The summed E-state index contributed by atoms with van der Waals surface area (Å²) in [7, 11) is 0. The van der Waals surface area contributed by atoms with Gasteiger partial charge in [-0.25, -0.2) is 0 Å². The lowest BCUT2D eigenvalue weighted by Gasteiger charge is -2.15. The van der Waals surface area contributed by atoms with E-state index in [0.29, 0.717) is 12.2 Å². The third-order valence-electron chi connectivity index (χ3n) is 4.83. The highest BCUT2D eigenvalue weighted by atomic mass is 16.5. The van der Waals surface area contributed by atoms with E-state index in [1.54, 1.807) is 12.1 Å². The molecule has 0 aliphatic heterocycles. The smallest absolute Gasteiger partial charge is 0.303 e. The predicted octanol–water partition coefficient (Wildman–Crippen LogP) is 6.02.